The smallest absolute Gasteiger partial charge is 0.0666 e. The van der Waals surface area contributed by atoms with Gasteiger partial charge >= 0.3 is 0 Å². The highest BCUT2D eigenvalue weighted by Crippen LogP contribution is 2.15. The minimum atomic E-state index is -0.140. The van der Waals surface area contributed by atoms with E-state index in [1.54, 1.807) is 0 Å². The van der Waals surface area contributed by atoms with Gasteiger partial charge in [0.05, 0.1) is 6.10 Å². The van der Waals surface area contributed by atoms with Crippen LogP contribution in [-0.4, -0.2) is 61.3 Å². The number of hydrogen-bond acceptors (Lipinski definition) is 3. The highest BCUT2D eigenvalue weighted by atomic mass is 16.3. The minimum Gasteiger partial charge on any atom is -0.392 e. The molecule has 1 N–H and O–H groups in total. The lowest BCUT2D eigenvalue weighted by Gasteiger charge is -2.23. The van der Waals surface area contributed by atoms with E-state index < -0.39 is 0 Å². The predicted molar refractivity (Wildman–Crippen MR) is 64.0 cm³/mol. The third-order valence-corrected chi connectivity index (χ3v) is 3.20. The number of aliphatic hydroxyl groups excluding tert-OH is 1. The lowest BCUT2D eigenvalue weighted by atomic mass is 10.1. The molecule has 0 aromatic heterocycles. The van der Waals surface area contributed by atoms with Crippen molar-refractivity contribution in [3.05, 3.63) is 0 Å². The van der Waals surface area contributed by atoms with Crippen molar-refractivity contribution in [3.63, 3.8) is 0 Å². The van der Waals surface area contributed by atoms with Crippen LogP contribution in [0.2, 0.25) is 0 Å². The van der Waals surface area contributed by atoms with Gasteiger partial charge in [0.1, 0.15) is 0 Å². The Bertz CT molecular complexity index is 175. The fourth-order valence-corrected chi connectivity index (χ4v) is 2.47. The summed E-state index contributed by atoms with van der Waals surface area (Å²) in [5.74, 6) is 0.800. The van der Waals surface area contributed by atoms with Gasteiger partial charge in [-0.15, -0.1) is 0 Å². The van der Waals surface area contributed by atoms with Crippen LogP contribution in [0.1, 0.15) is 26.2 Å². The van der Waals surface area contributed by atoms with E-state index in [-0.39, 0.29) is 6.10 Å². The van der Waals surface area contributed by atoms with Gasteiger partial charge in [-0.3, -0.25) is 0 Å². The summed E-state index contributed by atoms with van der Waals surface area (Å²) in [6, 6.07) is 0. The summed E-state index contributed by atoms with van der Waals surface area (Å²) in [7, 11) is 4.31. The Morgan fingerprint density at radius 3 is 2.80 bits per heavy atom. The maximum absolute atomic E-state index is 9.69. The molecule has 0 aliphatic carbocycles. The fraction of sp³-hybridized carbons (Fsp3) is 1.00. The van der Waals surface area contributed by atoms with Crippen LogP contribution in [-0.2, 0) is 0 Å². The molecule has 1 aliphatic rings. The summed E-state index contributed by atoms with van der Waals surface area (Å²) in [4.78, 5) is 4.67. The molecule has 1 aliphatic heterocycles. The lowest BCUT2D eigenvalue weighted by Crippen LogP contribution is -2.33. The summed E-state index contributed by atoms with van der Waals surface area (Å²) in [6.45, 7) is 6.53. The molecule has 1 rings (SSSR count). The molecule has 0 amide bonds. The van der Waals surface area contributed by atoms with Crippen LogP contribution in [0.25, 0.3) is 0 Å². The fourth-order valence-electron chi connectivity index (χ4n) is 2.47. The SMILES string of the molecule is CCCC(O)CN(C)CC1CCN(C)C1. The Morgan fingerprint density at radius 2 is 2.27 bits per heavy atom. The van der Waals surface area contributed by atoms with Crippen molar-refractivity contribution in [2.45, 2.75) is 32.3 Å². The van der Waals surface area contributed by atoms with Gasteiger partial charge < -0.3 is 14.9 Å². The van der Waals surface area contributed by atoms with E-state index in [1.165, 1.54) is 19.5 Å². The summed E-state index contributed by atoms with van der Waals surface area (Å²) in [6.07, 6.45) is 3.17. The molecule has 0 saturated carbocycles. The Hall–Kier alpha value is -0.120. The second-order valence-electron chi connectivity index (χ2n) is 5.08. The monoisotopic (exact) mass is 214 g/mol. The van der Waals surface area contributed by atoms with Crippen LogP contribution in [0.4, 0.5) is 0 Å². The van der Waals surface area contributed by atoms with Gasteiger partial charge in [0.15, 0.2) is 0 Å². The molecule has 1 fully saturated rings. The zero-order chi connectivity index (χ0) is 11.3. The predicted octanol–water partition coefficient (Wildman–Crippen LogP) is 1.03. The molecule has 15 heavy (non-hydrogen) atoms. The van der Waals surface area contributed by atoms with Crippen molar-refractivity contribution in [2.75, 3.05) is 40.3 Å². The van der Waals surface area contributed by atoms with Gasteiger partial charge in [0.25, 0.3) is 0 Å². The second kappa shape index (κ2) is 6.46. The van der Waals surface area contributed by atoms with E-state index >= 15 is 0 Å². The lowest BCUT2D eigenvalue weighted by molar-refractivity contribution is 0.110. The first-order chi connectivity index (χ1) is 7.11. The quantitative estimate of drug-likeness (QED) is 0.715. The largest absolute Gasteiger partial charge is 0.392 e. The third-order valence-electron chi connectivity index (χ3n) is 3.20. The molecule has 3 nitrogen and oxygen atoms in total. The molecule has 0 bridgehead atoms. The van der Waals surface area contributed by atoms with Crippen molar-refractivity contribution >= 4 is 0 Å². The molecular weight excluding hydrogens is 188 g/mol. The maximum atomic E-state index is 9.69. The van der Waals surface area contributed by atoms with Crippen LogP contribution in [0.15, 0.2) is 0 Å². The van der Waals surface area contributed by atoms with Gasteiger partial charge in [0.2, 0.25) is 0 Å². The van der Waals surface area contributed by atoms with Crippen molar-refractivity contribution in [2.24, 2.45) is 5.92 Å². The van der Waals surface area contributed by atoms with Crippen molar-refractivity contribution in [3.8, 4) is 0 Å². The molecule has 0 aromatic rings. The van der Waals surface area contributed by atoms with Gasteiger partial charge in [-0.2, -0.15) is 0 Å². The number of likely N-dealkylation sites (N-methyl/N-ethyl adjacent to an activating group) is 1. The molecule has 3 heteroatoms. The average Bonchev–Trinajstić information content (AvgIpc) is 2.51. The Morgan fingerprint density at radius 1 is 1.53 bits per heavy atom. The molecule has 0 spiro atoms. The zero-order valence-corrected chi connectivity index (χ0v) is 10.4. The first kappa shape index (κ1) is 12.9. The Labute approximate surface area is 94.1 Å². The van der Waals surface area contributed by atoms with Crippen LogP contribution < -0.4 is 0 Å². The van der Waals surface area contributed by atoms with Gasteiger partial charge in [0, 0.05) is 19.6 Å². The number of nitrogens with zero attached hydrogens (tertiary/aromatic N) is 2. The summed E-state index contributed by atoms with van der Waals surface area (Å²) < 4.78 is 0. The topological polar surface area (TPSA) is 26.7 Å². The molecule has 0 radical (unpaired) electrons. The molecule has 2 unspecified atom stereocenters. The van der Waals surface area contributed by atoms with Crippen LogP contribution in [0, 0.1) is 5.92 Å². The second-order valence-corrected chi connectivity index (χ2v) is 5.08. The van der Waals surface area contributed by atoms with Crippen LogP contribution in [0.3, 0.4) is 0 Å². The normalized spacial score (nSPS) is 25.0. The van der Waals surface area contributed by atoms with E-state index in [9.17, 15) is 5.11 Å². The van der Waals surface area contributed by atoms with Crippen LogP contribution >= 0.6 is 0 Å². The minimum absolute atomic E-state index is 0.140. The van der Waals surface area contributed by atoms with Gasteiger partial charge in [-0.05, 0) is 39.4 Å². The van der Waals surface area contributed by atoms with E-state index in [0.29, 0.717) is 0 Å². The van der Waals surface area contributed by atoms with Gasteiger partial charge in [-0.1, -0.05) is 13.3 Å². The average molecular weight is 214 g/mol. The number of rotatable bonds is 6. The van der Waals surface area contributed by atoms with E-state index in [2.05, 4.69) is 30.8 Å². The summed E-state index contributed by atoms with van der Waals surface area (Å²) in [5.41, 5.74) is 0. The number of aliphatic hydroxyl groups is 1. The Kier molecular flexibility index (Phi) is 5.58. The van der Waals surface area contributed by atoms with Crippen LogP contribution in [0.5, 0.6) is 0 Å². The third kappa shape index (κ3) is 4.96. The summed E-state index contributed by atoms with van der Waals surface area (Å²) in [5, 5.41) is 9.69. The van der Waals surface area contributed by atoms with Crippen molar-refractivity contribution < 1.29 is 5.11 Å². The highest BCUT2D eigenvalue weighted by Gasteiger charge is 2.21. The maximum Gasteiger partial charge on any atom is 0.0666 e. The van der Waals surface area contributed by atoms with Crippen molar-refractivity contribution in [1.82, 2.24) is 9.80 Å². The van der Waals surface area contributed by atoms with E-state index in [0.717, 1.165) is 31.8 Å². The molecule has 2 atom stereocenters. The molecule has 0 aromatic carbocycles. The molecule has 1 heterocycles. The van der Waals surface area contributed by atoms with Gasteiger partial charge in [-0.25, -0.2) is 0 Å². The first-order valence-electron chi connectivity index (χ1n) is 6.17. The molecule has 90 valence electrons. The summed E-state index contributed by atoms with van der Waals surface area (Å²) >= 11 is 0. The molecule has 1 saturated heterocycles. The zero-order valence-electron chi connectivity index (χ0n) is 10.4. The van der Waals surface area contributed by atoms with E-state index in [4.69, 9.17) is 0 Å². The number of hydrogen-bond donors (Lipinski definition) is 1. The standard InChI is InChI=1S/C12H26N2O/c1-4-5-12(15)10-14(3)9-11-6-7-13(2)8-11/h11-12,15H,4-10H2,1-3H3. The molecular formula is C12H26N2O. The first-order valence-corrected chi connectivity index (χ1v) is 6.17. The number of likely N-dealkylation sites (tertiary alicyclic amines) is 1. The Balaban J connectivity index is 2.15. The van der Waals surface area contributed by atoms with E-state index in [1.807, 2.05) is 0 Å². The highest BCUT2D eigenvalue weighted by molar-refractivity contribution is 4.76. The van der Waals surface area contributed by atoms with Crippen molar-refractivity contribution in [1.29, 1.82) is 0 Å².